The fourth-order valence-corrected chi connectivity index (χ4v) is 1.79. The van der Waals surface area contributed by atoms with E-state index < -0.39 is 24.1 Å². The quantitative estimate of drug-likeness (QED) is 0.417. The molecular formula is C18H26N2O6. The number of benzene rings is 1. The molecule has 0 heterocycles. The second-order valence-corrected chi connectivity index (χ2v) is 6.12. The molecular weight excluding hydrogens is 340 g/mol. The number of aliphatic hydroxyl groups excluding tert-OH is 1. The van der Waals surface area contributed by atoms with E-state index in [9.17, 15) is 14.7 Å². The minimum absolute atomic E-state index is 0.0303. The number of ether oxygens (including phenoxy) is 3. The van der Waals surface area contributed by atoms with Crippen molar-refractivity contribution in [1.82, 2.24) is 5.32 Å². The molecule has 1 atom stereocenters. The molecule has 26 heavy (non-hydrogen) atoms. The van der Waals surface area contributed by atoms with Gasteiger partial charge in [-0.2, -0.15) is 0 Å². The Morgan fingerprint density at radius 3 is 2.46 bits per heavy atom. The van der Waals surface area contributed by atoms with Crippen LogP contribution in [0.5, 0.6) is 0 Å². The summed E-state index contributed by atoms with van der Waals surface area (Å²) in [7, 11) is 0. The second-order valence-electron chi connectivity index (χ2n) is 6.12. The second kappa shape index (κ2) is 10.3. The Hall–Kier alpha value is -2.74. The van der Waals surface area contributed by atoms with E-state index in [0.717, 1.165) is 11.1 Å². The zero-order valence-corrected chi connectivity index (χ0v) is 15.1. The molecule has 8 nitrogen and oxygen atoms in total. The molecule has 1 rings (SSSR count). The van der Waals surface area contributed by atoms with Gasteiger partial charge in [-0.1, -0.05) is 36.4 Å². The van der Waals surface area contributed by atoms with Gasteiger partial charge in [0.2, 0.25) is 0 Å². The van der Waals surface area contributed by atoms with E-state index in [2.05, 4.69) is 11.9 Å². The van der Waals surface area contributed by atoms with E-state index in [0.29, 0.717) is 0 Å². The highest BCUT2D eigenvalue weighted by molar-refractivity contribution is 5.77. The Morgan fingerprint density at radius 2 is 1.88 bits per heavy atom. The number of carbonyl (C=O) groups excluding carboxylic acids is 2. The lowest BCUT2D eigenvalue weighted by Crippen LogP contribution is -2.40. The van der Waals surface area contributed by atoms with E-state index >= 15 is 0 Å². The average Bonchev–Trinajstić information content (AvgIpc) is 2.62. The number of carbonyl (C=O) groups is 2. The maximum absolute atomic E-state index is 12.1. The van der Waals surface area contributed by atoms with E-state index in [1.165, 1.54) is 6.92 Å². The third-order valence-corrected chi connectivity index (χ3v) is 3.51. The van der Waals surface area contributed by atoms with Crippen LogP contribution < -0.4 is 11.1 Å². The minimum atomic E-state index is -1.39. The topological polar surface area (TPSA) is 120 Å². The van der Waals surface area contributed by atoms with Crippen molar-refractivity contribution in [3.8, 4) is 0 Å². The van der Waals surface area contributed by atoms with Crippen LogP contribution in [0.2, 0.25) is 0 Å². The predicted molar refractivity (Wildman–Crippen MR) is 94.8 cm³/mol. The van der Waals surface area contributed by atoms with Crippen LogP contribution in [0.4, 0.5) is 4.79 Å². The Labute approximate surface area is 152 Å². The van der Waals surface area contributed by atoms with Gasteiger partial charge in [0.05, 0.1) is 19.0 Å². The van der Waals surface area contributed by atoms with Gasteiger partial charge in [-0.05, 0) is 19.4 Å². The van der Waals surface area contributed by atoms with Gasteiger partial charge in [0.25, 0.3) is 0 Å². The number of nitrogens with two attached hydrogens (primary N) is 1. The molecule has 0 amide bonds. The number of esters is 1. The predicted octanol–water partition coefficient (Wildman–Crippen LogP) is 1.21. The van der Waals surface area contributed by atoms with Crippen molar-refractivity contribution in [3.63, 3.8) is 0 Å². The first-order valence-electron chi connectivity index (χ1n) is 8.08. The van der Waals surface area contributed by atoms with Crippen molar-refractivity contribution in [2.45, 2.75) is 20.5 Å². The Bertz CT molecular complexity index is 617. The zero-order chi connectivity index (χ0) is 19.6. The van der Waals surface area contributed by atoms with Crippen molar-refractivity contribution < 1.29 is 28.9 Å². The summed E-state index contributed by atoms with van der Waals surface area (Å²) < 4.78 is 15.0. The monoisotopic (exact) mass is 366 g/mol. The van der Waals surface area contributed by atoms with Gasteiger partial charge in [-0.15, -0.1) is 0 Å². The first-order chi connectivity index (χ1) is 12.3. The summed E-state index contributed by atoms with van der Waals surface area (Å²) >= 11 is 0. The third-order valence-electron chi connectivity index (χ3n) is 3.51. The van der Waals surface area contributed by atoms with Crippen molar-refractivity contribution in [1.29, 1.82) is 0 Å². The molecule has 1 unspecified atom stereocenters. The minimum Gasteiger partial charge on any atom is -0.463 e. The van der Waals surface area contributed by atoms with Crippen LogP contribution in [0.25, 0.3) is 0 Å². The first kappa shape index (κ1) is 21.3. The lowest BCUT2D eigenvalue weighted by molar-refractivity contribution is -0.160. The number of nitrogens with one attached hydrogen (secondary N) is 1. The normalized spacial score (nSPS) is 12.6. The van der Waals surface area contributed by atoms with Crippen molar-refractivity contribution >= 4 is 12.1 Å². The summed E-state index contributed by atoms with van der Waals surface area (Å²) in [5.74, 6) is -0.443. The fourth-order valence-electron chi connectivity index (χ4n) is 1.79. The van der Waals surface area contributed by atoms with Crippen molar-refractivity contribution in [2.24, 2.45) is 11.1 Å². The largest absolute Gasteiger partial charge is 0.508 e. The van der Waals surface area contributed by atoms with Crippen molar-refractivity contribution in [2.75, 3.05) is 26.4 Å². The van der Waals surface area contributed by atoms with Gasteiger partial charge in [-0.25, -0.2) is 4.79 Å². The highest BCUT2D eigenvalue weighted by Gasteiger charge is 2.36. The van der Waals surface area contributed by atoms with Crippen LogP contribution in [0.3, 0.4) is 0 Å². The van der Waals surface area contributed by atoms with Gasteiger partial charge in [-0.3, -0.25) is 4.79 Å². The summed E-state index contributed by atoms with van der Waals surface area (Å²) in [6, 6.07) is 7.47. The van der Waals surface area contributed by atoms with Gasteiger partial charge < -0.3 is 30.4 Å². The standard InChI is InChI=1S/C18H26N2O6/c1-13-4-6-15(7-5-13)10-25-17(23)26-12-18(3,11-21)16(22)24-9-8-20-14(2)19/h4-7,20-21H,2,8-12,19H2,1,3H3. The number of aliphatic hydroxyl groups is 1. The third kappa shape index (κ3) is 7.43. The smallest absolute Gasteiger partial charge is 0.463 e. The van der Waals surface area contributed by atoms with Crippen LogP contribution in [-0.4, -0.2) is 43.6 Å². The Morgan fingerprint density at radius 1 is 1.23 bits per heavy atom. The van der Waals surface area contributed by atoms with Crippen LogP contribution >= 0.6 is 0 Å². The maximum Gasteiger partial charge on any atom is 0.508 e. The van der Waals surface area contributed by atoms with E-state index in [-0.39, 0.29) is 32.2 Å². The Kier molecular flexibility index (Phi) is 8.44. The number of aryl methyl sites for hydroxylation is 1. The fraction of sp³-hybridized carbons (Fsp3) is 0.444. The van der Waals surface area contributed by atoms with E-state index in [1.807, 2.05) is 31.2 Å². The molecule has 0 aliphatic heterocycles. The number of hydrogen-bond donors (Lipinski definition) is 3. The number of hydrogen-bond acceptors (Lipinski definition) is 8. The number of rotatable bonds is 10. The highest BCUT2D eigenvalue weighted by atomic mass is 16.7. The summed E-state index contributed by atoms with van der Waals surface area (Å²) in [5.41, 5.74) is 5.84. The molecule has 144 valence electrons. The van der Waals surface area contributed by atoms with E-state index in [4.69, 9.17) is 19.9 Å². The molecule has 0 saturated carbocycles. The molecule has 0 aromatic heterocycles. The molecule has 0 saturated heterocycles. The molecule has 0 fully saturated rings. The molecule has 1 aromatic carbocycles. The SMILES string of the molecule is C=C(N)NCCOC(=O)C(C)(CO)COC(=O)OCc1ccc(C)cc1. The first-order valence-corrected chi connectivity index (χ1v) is 8.08. The highest BCUT2D eigenvalue weighted by Crippen LogP contribution is 2.19. The molecule has 0 spiro atoms. The molecule has 4 N–H and O–H groups in total. The molecule has 1 aromatic rings. The van der Waals surface area contributed by atoms with Gasteiger partial charge in [0, 0.05) is 0 Å². The van der Waals surface area contributed by atoms with Gasteiger partial charge in [0.1, 0.15) is 25.2 Å². The molecule has 0 radical (unpaired) electrons. The summed E-state index contributed by atoms with van der Waals surface area (Å²) in [5, 5.41) is 12.2. The van der Waals surface area contributed by atoms with Crippen LogP contribution in [0.15, 0.2) is 36.7 Å². The summed E-state index contributed by atoms with van der Waals surface area (Å²) in [6.45, 7) is 6.27. The lowest BCUT2D eigenvalue weighted by Gasteiger charge is -2.24. The van der Waals surface area contributed by atoms with Crippen LogP contribution in [0, 0.1) is 12.3 Å². The molecule has 0 bridgehead atoms. The van der Waals surface area contributed by atoms with Gasteiger partial charge in [0.15, 0.2) is 0 Å². The van der Waals surface area contributed by atoms with Crippen molar-refractivity contribution in [3.05, 3.63) is 47.8 Å². The van der Waals surface area contributed by atoms with Crippen LogP contribution in [0.1, 0.15) is 18.1 Å². The van der Waals surface area contributed by atoms with Gasteiger partial charge >= 0.3 is 12.1 Å². The lowest BCUT2D eigenvalue weighted by atomic mass is 9.93. The van der Waals surface area contributed by atoms with Crippen LogP contribution in [-0.2, 0) is 25.6 Å². The van der Waals surface area contributed by atoms with E-state index in [1.54, 1.807) is 0 Å². The zero-order valence-electron chi connectivity index (χ0n) is 15.1. The maximum atomic E-state index is 12.1. The molecule has 8 heteroatoms. The average molecular weight is 366 g/mol. The molecule has 0 aliphatic carbocycles. The molecule has 0 aliphatic rings. The summed E-state index contributed by atoms with van der Waals surface area (Å²) in [6.07, 6.45) is -0.931. The summed E-state index contributed by atoms with van der Waals surface area (Å²) in [4.78, 5) is 23.8. The Balaban J connectivity index is 2.39.